The number of rotatable bonds is 10. The van der Waals surface area contributed by atoms with Crippen molar-refractivity contribution < 1.29 is 9.53 Å². The first-order valence-corrected chi connectivity index (χ1v) is 10.2. The zero-order valence-electron chi connectivity index (χ0n) is 16.0. The van der Waals surface area contributed by atoms with E-state index in [2.05, 4.69) is 48.6 Å². The maximum Gasteiger partial charge on any atom is 0.220 e. The summed E-state index contributed by atoms with van der Waals surface area (Å²) >= 11 is 1.73. The van der Waals surface area contributed by atoms with Crippen molar-refractivity contribution in [3.63, 3.8) is 0 Å². The first-order valence-electron chi connectivity index (χ1n) is 9.24. The van der Waals surface area contributed by atoms with Gasteiger partial charge in [0.2, 0.25) is 5.91 Å². The monoisotopic (exact) mass is 371 g/mol. The Morgan fingerprint density at radius 3 is 2.65 bits per heavy atom. The predicted octanol–water partition coefficient (Wildman–Crippen LogP) is 5.01. The molecular weight excluding hydrogens is 342 g/mol. The SMILES string of the molecule is Cc1ccc(SCCC(=O)NCCCc2cccc(OC(C)C)c2)cc1. The molecule has 0 aliphatic heterocycles. The van der Waals surface area contributed by atoms with Crippen LogP contribution >= 0.6 is 11.8 Å². The third-order valence-corrected chi connectivity index (χ3v) is 4.87. The van der Waals surface area contributed by atoms with Gasteiger partial charge in [-0.3, -0.25) is 4.79 Å². The molecule has 1 amide bonds. The van der Waals surface area contributed by atoms with Gasteiger partial charge in [-0.25, -0.2) is 0 Å². The second-order valence-corrected chi connectivity index (χ2v) is 7.85. The number of hydrogen-bond donors (Lipinski definition) is 1. The molecule has 0 radical (unpaired) electrons. The number of carbonyl (C=O) groups is 1. The van der Waals surface area contributed by atoms with Gasteiger partial charge in [0, 0.05) is 23.6 Å². The molecule has 0 heterocycles. The summed E-state index contributed by atoms with van der Waals surface area (Å²) in [5.41, 5.74) is 2.50. The number of amides is 1. The summed E-state index contributed by atoms with van der Waals surface area (Å²) in [5.74, 6) is 1.85. The molecule has 0 aromatic heterocycles. The van der Waals surface area contributed by atoms with E-state index in [9.17, 15) is 4.79 Å². The van der Waals surface area contributed by atoms with Gasteiger partial charge in [0.05, 0.1) is 6.10 Å². The fourth-order valence-electron chi connectivity index (χ4n) is 2.55. The molecule has 0 saturated carbocycles. The second-order valence-electron chi connectivity index (χ2n) is 6.68. The summed E-state index contributed by atoms with van der Waals surface area (Å²) in [5, 5.41) is 3.01. The van der Waals surface area contributed by atoms with Crippen LogP contribution in [0.4, 0.5) is 0 Å². The predicted molar refractivity (Wildman–Crippen MR) is 110 cm³/mol. The normalized spacial score (nSPS) is 10.8. The molecule has 2 aromatic carbocycles. The van der Waals surface area contributed by atoms with Crippen LogP contribution in [0.25, 0.3) is 0 Å². The highest BCUT2D eigenvalue weighted by atomic mass is 32.2. The molecule has 0 spiro atoms. The van der Waals surface area contributed by atoms with E-state index in [4.69, 9.17) is 4.74 Å². The fraction of sp³-hybridized carbons (Fsp3) is 0.409. The summed E-state index contributed by atoms with van der Waals surface area (Å²) in [7, 11) is 0. The lowest BCUT2D eigenvalue weighted by Crippen LogP contribution is -2.24. The summed E-state index contributed by atoms with van der Waals surface area (Å²) in [6, 6.07) is 16.6. The van der Waals surface area contributed by atoms with Gasteiger partial charge in [-0.1, -0.05) is 29.8 Å². The molecule has 0 aliphatic carbocycles. The molecule has 0 unspecified atom stereocenters. The van der Waals surface area contributed by atoms with E-state index in [1.807, 2.05) is 26.0 Å². The molecule has 140 valence electrons. The standard InChI is InChI=1S/C22H29NO2S/c1-17(2)25-20-8-4-6-19(16-20)7-5-14-23-22(24)13-15-26-21-11-9-18(3)10-12-21/h4,6,8-12,16-17H,5,7,13-15H2,1-3H3,(H,23,24). The fourth-order valence-corrected chi connectivity index (χ4v) is 3.40. The molecule has 4 heteroatoms. The third-order valence-electron chi connectivity index (χ3n) is 3.85. The van der Waals surface area contributed by atoms with Crippen LogP contribution in [-0.2, 0) is 11.2 Å². The van der Waals surface area contributed by atoms with Gasteiger partial charge in [-0.15, -0.1) is 11.8 Å². The highest BCUT2D eigenvalue weighted by molar-refractivity contribution is 7.99. The van der Waals surface area contributed by atoms with Crippen molar-refractivity contribution >= 4 is 17.7 Å². The van der Waals surface area contributed by atoms with Gasteiger partial charge in [0.15, 0.2) is 0 Å². The molecule has 0 atom stereocenters. The highest BCUT2D eigenvalue weighted by Gasteiger charge is 2.03. The second kappa shape index (κ2) is 10.9. The van der Waals surface area contributed by atoms with Crippen molar-refractivity contribution in [3.05, 3.63) is 59.7 Å². The minimum Gasteiger partial charge on any atom is -0.491 e. The van der Waals surface area contributed by atoms with Crippen LogP contribution in [0.2, 0.25) is 0 Å². The van der Waals surface area contributed by atoms with Crippen LogP contribution < -0.4 is 10.1 Å². The first-order chi connectivity index (χ1) is 12.5. The van der Waals surface area contributed by atoms with E-state index in [1.54, 1.807) is 11.8 Å². The van der Waals surface area contributed by atoms with Crippen molar-refractivity contribution in [2.45, 2.75) is 51.0 Å². The zero-order chi connectivity index (χ0) is 18.8. The van der Waals surface area contributed by atoms with Crippen molar-refractivity contribution in [3.8, 4) is 5.75 Å². The lowest BCUT2D eigenvalue weighted by Gasteiger charge is -2.11. The Balaban J connectivity index is 1.60. The van der Waals surface area contributed by atoms with Crippen molar-refractivity contribution in [2.24, 2.45) is 0 Å². The number of nitrogens with one attached hydrogen (secondary N) is 1. The van der Waals surface area contributed by atoms with Crippen LogP contribution in [0.1, 0.15) is 37.8 Å². The number of carbonyl (C=O) groups excluding carboxylic acids is 1. The number of benzene rings is 2. The minimum absolute atomic E-state index is 0.126. The molecule has 2 aromatic rings. The summed E-state index contributed by atoms with van der Waals surface area (Å²) < 4.78 is 5.71. The van der Waals surface area contributed by atoms with Crippen LogP contribution in [0, 0.1) is 6.92 Å². The molecule has 26 heavy (non-hydrogen) atoms. The summed E-state index contributed by atoms with van der Waals surface area (Å²) in [6.45, 7) is 6.84. The van der Waals surface area contributed by atoms with E-state index in [0.717, 1.165) is 24.3 Å². The molecule has 0 aliphatic rings. The van der Waals surface area contributed by atoms with Crippen molar-refractivity contribution in [1.82, 2.24) is 5.32 Å². The van der Waals surface area contributed by atoms with Gasteiger partial charge < -0.3 is 10.1 Å². The molecule has 0 saturated heterocycles. The maximum atomic E-state index is 11.9. The van der Waals surface area contributed by atoms with Crippen molar-refractivity contribution in [1.29, 1.82) is 0 Å². The molecule has 0 bridgehead atoms. The topological polar surface area (TPSA) is 38.3 Å². The molecule has 3 nitrogen and oxygen atoms in total. The Bertz CT molecular complexity index is 683. The Labute approximate surface area is 161 Å². The molecular formula is C22H29NO2S. The van der Waals surface area contributed by atoms with E-state index in [1.165, 1.54) is 16.0 Å². The van der Waals surface area contributed by atoms with Crippen molar-refractivity contribution in [2.75, 3.05) is 12.3 Å². The number of thioether (sulfide) groups is 1. The Morgan fingerprint density at radius 2 is 1.92 bits per heavy atom. The first kappa shape index (κ1) is 20.4. The number of hydrogen-bond acceptors (Lipinski definition) is 3. The van der Waals surface area contributed by atoms with Gasteiger partial charge in [-0.05, 0) is 63.4 Å². The smallest absolute Gasteiger partial charge is 0.220 e. The van der Waals surface area contributed by atoms with E-state index in [0.29, 0.717) is 13.0 Å². The largest absolute Gasteiger partial charge is 0.491 e. The van der Waals surface area contributed by atoms with E-state index in [-0.39, 0.29) is 12.0 Å². The quantitative estimate of drug-likeness (QED) is 0.471. The van der Waals surface area contributed by atoms with Crippen LogP contribution in [0.5, 0.6) is 5.75 Å². The lowest BCUT2D eigenvalue weighted by atomic mass is 10.1. The molecule has 1 N–H and O–H groups in total. The van der Waals surface area contributed by atoms with Crippen LogP contribution in [-0.4, -0.2) is 24.3 Å². The summed E-state index contributed by atoms with van der Waals surface area (Å²) in [4.78, 5) is 13.1. The van der Waals surface area contributed by atoms with Gasteiger partial charge in [-0.2, -0.15) is 0 Å². The van der Waals surface area contributed by atoms with Crippen LogP contribution in [0.15, 0.2) is 53.4 Å². The Morgan fingerprint density at radius 1 is 1.15 bits per heavy atom. The van der Waals surface area contributed by atoms with E-state index < -0.39 is 0 Å². The average Bonchev–Trinajstić information content (AvgIpc) is 2.60. The summed E-state index contributed by atoms with van der Waals surface area (Å²) in [6.07, 6.45) is 2.61. The van der Waals surface area contributed by atoms with E-state index >= 15 is 0 Å². The highest BCUT2D eigenvalue weighted by Crippen LogP contribution is 2.19. The third kappa shape index (κ3) is 7.96. The lowest BCUT2D eigenvalue weighted by molar-refractivity contribution is -0.120. The number of aryl methyl sites for hydroxylation is 2. The molecule has 0 fully saturated rings. The van der Waals surface area contributed by atoms with Gasteiger partial charge in [0.25, 0.3) is 0 Å². The zero-order valence-corrected chi connectivity index (χ0v) is 16.8. The van der Waals surface area contributed by atoms with Gasteiger partial charge in [0.1, 0.15) is 5.75 Å². The Kier molecular flexibility index (Phi) is 8.56. The minimum atomic E-state index is 0.126. The number of ether oxygens (including phenoxy) is 1. The molecule has 2 rings (SSSR count). The van der Waals surface area contributed by atoms with Crippen LogP contribution in [0.3, 0.4) is 0 Å². The average molecular weight is 372 g/mol. The Hall–Kier alpha value is -1.94. The maximum absolute atomic E-state index is 11.9. The van der Waals surface area contributed by atoms with Gasteiger partial charge >= 0.3 is 0 Å².